The van der Waals surface area contributed by atoms with Crippen LogP contribution in [0.3, 0.4) is 0 Å². The van der Waals surface area contributed by atoms with Crippen LogP contribution in [0.2, 0.25) is 0 Å². The number of hydrogen-bond acceptors (Lipinski definition) is 5. The van der Waals surface area contributed by atoms with Crippen molar-refractivity contribution in [3.05, 3.63) is 0 Å². The van der Waals surface area contributed by atoms with E-state index < -0.39 is 70.5 Å². The summed E-state index contributed by atoms with van der Waals surface area (Å²) < 4.78 is 38.7. The summed E-state index contributed by atoms with van der Waals surface area (Å²) in [5.41, 5.74) is -1.89. The molecule has 0 aromatic rings. The van der Waals surface area contributed by atoms with E-state index in [1.54, 1.807) is 20.8 Å². The molecule has 204 valence electrons. The average Bonchev–Trinajstić information content (AvgIpc) is 2.92. The maximum Gasteiger partial charge on any atom is 0.449 e. The minimum atomic E-state index is -5.08. The predicted octanol–water partition coefficient (Wildman–Crippen LogP) is 3.40. The summed E-state index contributed by atoms with van der Waals surface area (Å²) in [7, 11) is 0. The number of carbonyl (C=O) groups is 4. The van der Waals surface area contributed by atoms with Crippen LogP contribution in [0.4, 0.5) is 13.2 Å². The Hall–Kier alpha value is -2.64. The first-order valence-corrected chi connectivity index (χ1v) is 12.0. The molecule has 3 amide bonds. The number of ketones is 1. The van der Waals surface area contributed by atoms with Gasteiger partial charge < -0.3 is 16.0 Å². The minimum Gasteiger partial charge on any atom is -0.351 e. The van der Waals surface area contributed by atoms with E-state index in [0.717, 1.165) is 0 Å². The number of amides is 3. The lowest BCUT2D eigenvalue weighted by molar-refractivity contribution is -0.173. The van der Waals surface area contributed by atoms with Crippen molar-refractivity contribution in [2.24, 2.45) is 22.7 Å². The molecule has 3 N–H and O–H groups in total. The van der Waals surface area contributed by atoms with E-state index in [4.69, 9.17) is 0 Å². The largest absolute Gasteiger partial charge is 0.449 e. The van der Waals surface area contributed by atoms with Gasteiger partial charge >= 0.3 is 6.18 Å². The summed E-state index contributed by atoms with van der Waals surface area (Å²) in [6.07, 6.45) is -5.42. The zero-order chi connectivity index (χ0) is 28.3. The molecule has 1 heterocycles. The Kier molecular flexibility index (Phi) is 9.75. The molecule has 0 aromatic carbocycles. The van der Waals surface area contributed by atoms with Crippen molar-refractivity contribution in [3.63, 3.8) is 0 Å². The lowest BCUT2D eigenvalue weighted by atomic mass is 9.76. The minimum absolute atomic E-state index is 0.0817. The lowest BCUT2D eigenvalue weighted by Crippen LogP contribution is -2.53. The Bertz CT molecular complexity index is 895. The number of hydrogen-bond donors (Lipinski definition) is 3. The molecule has 0 unspecified atom stereocenters. The first kappa shape index (κ1) is 31.4. The molecule has 0 aromatic heterocycles. The second-order valence-electron chi connectivity index (χ2n) is 12.6. The van der Waals surface area contributed by atoms with E-state index in [1.165, 1.54) is 0 Å². The fraction of sp³-hybridized carbons (Fsp3) is 0.800. The van der Waals surface area contributed by atoms with E-state index >= 15 is 0 Å². The molecule has 1 rings (SSSR count). The van der Waals surface area contributed by atoms with Crippen molar-refractivity contribution < 1.29 is 32.3 Å². The van der Waals surface area contributed by atoms with Crippen LogP contribution in [0.15, 0.2) is 0 Å². The van der Waals surface area contributed by atoms with Gasteiger partial charge in [0.2, 0.25) is 23.5 Å². The number of halogens is 3. The summed E-state index contributed by atoms with van der Waals surface area (Å²) in [4.78, 5) is 50.1. The Labute approximate surface area is 211 Å². The highest BCUT2D eigenvalue weighted by Gasteiger charge is 2.44. The number of nitriles is 1. The summed E-state index contributed by atoms with van der Waals surface area (Å²) in [5.74, 6) is -5.57. The molecule has 1 aliphatic rings. The van der Waals surface area contributed by atoms with Crippen LogP contribution in [0, 0.1) is 34.0 Å². The highest BCUT2D eigenvalue weighted by Crippen LogP contribution is 2.33. The number of nitrogens with one attached hydrogen (secondary N) is 3. The van der Waals surface area contributed by atoms with Crippen LogP contribution < -0.4 is 16.0 Å². The third-order valence-corrected chi connectivity index (χ3v) is 6.10. The van der Waals surface area contributed by atoms with Gasteiger partial charge in [-0.05, 0) is 43.9 Å². The van der Waals surface area contributed by atoms with E-state index in [0.29, 0.717) is 6.42 Å². The number of Topliss-reactive ketones (excluding diaryl/α,β-unsaturated/α-hetero) is 1. The average molecular weight is 517 g/mol. The highest BCUT2D eigenvalue weighted by atomic mass is 19.4. The lowest BCUT2D eigenvalue weighted by Gasteiger charge is -2.33. The van der Waals surface area contributed by atoms with E-state index in [1.807, 2.05) is 40.7 Å². The summed E-state index contributed by atoms with van der Waals surface area (Å²) >= 11 is 0. The molecule has 1 aliphatic heterocycles. The molecule has 4 atom stereocenters. The topological polar surface area (TPSA) is 128 Å². The smallest absolute Gasteiger partial charge is 0.351 e. The van der Waals surface area contributed by atoms with Crippen LogP contribution in [-0.4, -0.2) is 47.3 Å². The predicted molar refractivity (Wildman–Crippen MR) is 127 cm³/mol. The number of rotatable bonds is 9. The van der Waals surface area contributed by atoms with Gasteiger partial charge in [0.05, 0.1) is 12.0 Å². The van der Waals surface area contributed by atoms with Crippen molar-refractivity contribution in [1.29, 1.82) is 5.26 Å². The zero-order valence-corrected chi connectivity index (χ0v) is 22.4. The molecule has 1 saturated heterocycles. The third kappa shape index (κ3) is 9.78. The normalized spacial score (nSPS) is 20.5. The molecule has 1 fully saturated rings. The Morgan fingerprint density at radius 2 is 1.64 bits per heavy atom. The zero-order valence-electron chi connectivity index (χ0n) is 22.4. The molecule has 0 saturated carbocycles. The van der Waals surface area contributed by atoms with Crippen molar-refractivity contribution in [3.8, 4) is 6.07 Å². The maximum atomic E-state index is 13.1. The quantitative estimate of drug-likeness (QED) is 0.433. The van der Waals surface area contributed by atoms with Crippen LogP contribution in [0.25, 0.3) is 0 Å². The first-order chi connectivity index (χ1) is 16.1. The van der Waals surface area contributed by atoms with Crippen molar-refractivity contribution >= 4 is 23.5 Å². The molecular weight excluding hydrogens is 477 g/mol. The summed E-state index contributed by atoms with van der Waals surface area (Å²) in [6.45, 7) is 13.8. The molecule has 0 bridgehead atoms. The Morgan fingerprint density at radius 3 is 2.03 bits per heavy atom. The van der Waals surface area contributed by atoms with Gasteiger partial charge in [-0.25, -0.2) is 0 Å². The summed E-state index contributed by atoms with van der Waals surface area (Å²) in [5, 5.41) is 17.5. The Morgan fingerprint density at radius 1 is 1.08 bits per heavy atom. The summed E-state index contributed by atoms with van der Waals surface area (Å²) in [6, 6.07) is -0.193. The SMILES string of the molecule is CC(C)(C)C[C@H](NC(=O)[C@@H](CC(=O)C(F)(F)F)C(C)(C)C)C(=O)N[C@H](C#N)C[C@@H]1CC(C)(C)NC1=O. The highest BCUT2D eigenvalue weighted by molar-refractivity contribution is 5.93. The first-order valence-electron chi connectivity index (χ1n) is 12.0. The standard InChI is InChI=1S/C25H39F3N4O4/c1-22(2,3)12-17(31-20(35)16(23(4,5)6)10-18(33)25(26,27)28)21(36)30-15(13-29)9-14-11-24(7,8)32-19(14)34/h14-17H,9-12H2,1-8H3,(H,30,36)(H,31,35)(H,32,34)/t14-,15+,16-,17+/m1/s1. The van der Waals surface area contributed by atoms with E-state index in [2.05, 4.69) is 16.0 Å². The van der Waals surface area contributed by atoms with E-state index in [-0.39, 0.29) is 18.7 Å². The number of nitrogens with zero attached hydrogens (tertiary/aromatic N) is 1. The fourth-order valence-corrected chi connectivity index (χ4v) is 4.27. The van der Waals surface area contributed by atoms with Gasteiger partial charge in [-0.1, -0.05) is 41.5 Å². The monoisotopic (exact) mass is 516 g/mol. The van der Waals surface area contributed by atoms with Gasteiger partial charge in [0, 0.05) is 17.9 Å². The van der Waals surface area contributed by atoms with E-state index in [9.17, 15) is 37.6 Å². The second-order valence-corrected chi connectivity index (χ2v) is 12.6. The third-order valence-electron chi connectivity index (χ3n) is 6.10. The van der Waals surface area contributed by atoms with Crippen LogP contribution in [0.5, 0.6) is 0 Å². The number of alkyl halides is 3. The van der Waals surface area contributed by atoms with Gasteiger partial charge in [0.1, 0.15) is 12.1 Å². The molecule has 0 spiro atoms. The van der Waals surface area contributed by atoms with Crippen LogP contribution in [0.1, 0.15) is 81.1 Å². The maximum absolute atomic E-state index is 13.1. The number of carbonyl (C=O) groups excluding carboxylic acids is 4. The van der Waals surface area contributed by atoms with Crippen molar-refractivity contribution in [2.45, 2.75) is 105 Å². The van der Waals surface area contributed by atoms with Gasteiger partial charge in [-0.2, -0.15) is 18.4 Å². The van der Waals surface area contributed by atoms with Gasteiger partial charge in [-0.3, -0.25) is 19.2 Å². The molecular formula is C25H39F3N4O4. The molecule has 0 radical (unpaired) electrons. The molecule has 36 heavy (non-hydrogen) atoms. The molecule has 8 nitrogen and oxygen atoms in total. The van der Waals surface area contributed by atoms with Crippen LogP contribution >= 0.6 is 0 Å². The second kappa shape index (κ2) is 11.2. The van der Waals surface area contributed by atoms with Gasteiger partial charge in [0.15, 0.2) is 0 Å². The van der Waals surface area contributed by atoms with Gasteiger partial charge in [0.25, 0.3) is 0 Å². The Balaban J connectivity index is 3.07. The van der Waals surface area contributed by atoms with Gasteiger partial charge in [-0.15, -0.1) is 0 Å². The van der Waals surface area contributed by atoms with Crippen LogP contribution in [-0.2, 0) is 19.2 Å². The van der Waals surface area contributed by atoms with Crippen molar-refractivity contribution in [1.82, 2.24) is 16.0 Å². The molecule has 0 aliphatic carbocycles. The van der Waals surface area contributed by atoms with Crippen molar-refractivity contribution in [2.75, 3.05) is 0 Å². The fourth-order valence-electron chi connectivity index (χ4n) is 4.27. The molecule has 11 heteroatoms.